The summed E-state index contributed by atoms with van der Waals surface area (Å²) in [4.78, 5) is 10.9. The van der Waals surface area contributed by atoms with E-state index in [0.717, 1.165) is 17.7 Å². The number of hydrazone groups is 1. The van der Waals surface area contributed by atoms with Crippen LogP contribution < -0.4 is 14.9 Å². The van der Waals surface area contributed by atoms with Crippen LogP contribution in [0.25, 0.3) is 0 Å². The average molecular weight is 375 g/mol. The molecule has 1 amide bonds. The van der Waals surface area contributed by atoms with Crippen molar-refractivity contribution >= 4 is 23.7 Å². The highest BCUT2D eigenvalue weighted by atomic mass is 35.5. The third-order valence-electron chi connectivity index (χ3n) is 3.53. The number of nitrogens with one attached hydrogen (secondary N) is 1. The van der Waals surface area contributed by atoms with E-state index in [2.05, 4.69) is 23.5 Å². The molecule has 0 heterocycles. The number of amides is 1. The van der Waals surface area contributed by atoms with Crippen LogP contribution in [-0.2, 0) is 4.79 Å². The Kier molecular flexibility index (Phi) is 7.48. The number of hydrogen-bond acceptors (Lipinski definition) is 4. The molecule has 0 radical (unpaired) electrons. The first-order chi connectivity index (χ1) is 12.5. The third kappa shape index (κ3) is 6.41. The molecule has 1 N–H and O–H groups in total. The predicted molar refractivity (Wildman–Crippen MR) is 104 cm³/mol. The fraction of sp³-hybridized carbons (Fsp3) is 0.300. The van der Waals surface area contributed by atoms with Gasteiger partial charge in [-0.25, -0.2) is 5.43 Å². The zero-order valence-corrected chi connectivity index (χ0v) is 16.0. The van der Waals surface area contributed by atoms with E-state index >= 15 is 0 Å². The highest BCUT2D eigenvalue weighted by Gasteiger charge is 2.04. The number of halogens is 1. The largest absolute Gasteiger partial charge is 0.493 e. The van der Waals surface area contributed by atoms with Crippen LogP contribution >= 0.6 is 11.6 Å². The Morgan fingerprint density at radius 2 is 1.81 bits per heavy atom. The highest BCUT2D eigenvalue weighted by molar-refractivity contribution is 6.30. The van der Waals surface area contributed by atoms with E-state index in [-0.39, 0.29) is 5.91 Å². The van der Waals surface area contributed by atoms with Crippen molar-refractivity contribution in [3.63, 3.8) is 0 Å². The molecule has 0 aliphatic carbocycles. The summed E-state index contributed by atoms with van der Waals surface area (Å²) in [6.45, 7) is 6.54. The maximum absolute atomic E-state index is 10.9. The topological polar surface area (TPSA) is 59.9 Å². The number of nitrogens with zero attached hydrogens (tertiary/aromatic N) is 1. The zero-order chi connectivity index (χ0) is 18.9. The molecular formula is C20H23ClN2O3. The van der Waals surface area contributed by atoms with Crippen LogP contribution in [0.1, 0.15) is 30.0 Å². The van der Waals surface area contributed by atoms with Crippen molar-refractivity contribution in [1.29, 1.82) is 0 Å². The smallest absolute Gasteiger partial charge is 0.236 e. The molecule has 26 heavy (non-hydrogen) atoms. The van der Waals surface area contributed by atoms with Crippen LogP contribution in [0.5, 0.6) is 11.5 Å². The Morgan fingerprint density at radius 3 is 2.50 bits per heavy atom. The van der Waals surface area contributed by atoms with Crippen LogP contribution in [0.4, 0.5) is 0 Å². The SMILES string of the molecule is CC(=O)N/N=C\c1cc(Cl)ccc1OCCCOc1ccc(C)cc1C. The molecule has 0 saturated carbocycles. The van der Waals surface area contributed by atoms with Crippen LogP contribution in [0.3, 0.4) is 0 Å². The standard InChI is InChI=1S/C20H23ClN2O3/c1-14-5-7-19(15(2)11-14)25-9-4-10-26-20-8-6-18(21)12-17(20)13-22-23-16(3)24/h5-8,11-13H,4,9-10H2,1-3H3,(H,23,24)/b22-13-. The van der Waals surface area contributed by atoms with E-state index in [1.165, 1.54) is 18.7 Å². The minimum Gasteiger partial charge on any atom is -0.493 e. The van der Waals surface area contributed by atoms with Crippen molar-refractivity contribution in [1.82, 2.24) is 5.43 Å². The van der Waals surface area contributed by atoms with Gasteiger partial charge in [0, 0.05) is 23.9 Å². The van der Waals surface area contributed by atoms with E-state index in [9.17, 15) is 4.79 Å². The van der Waals surface area contributed by atoms with Crippen molar-refractivity contribution in [2.45, 2.75) is 27.2 Å². The number of rotatable bonds is 8. The van der Waals surface area contributed by atoms with Gasteiger partial charge >= 0.3 is 0 Å². The summed E-state index contributed by atoms with van der Waals surface area (Å²) in [6, 6.07) is 11.4. The lowest BCUT2D eigenvalue weighted by atomic mass is 10.1. The van der Waals surface area contributed by atoms with Gasteiger partial charge in [0.1, 0.15) is 11.5 Å². The molecule has 0 aliphatic heterocycles. The molecule has 2 aromatic rings. The highest BCUT2D eigenvalue weighted by Crippen LogP contribution is 2.22. The maximum atomic E-state index is 10.9. The number of carbonyl (C=O) groups is 1. The van der Waals surface area contributed by atoms with E-state index in [1.54, 1.807) is 18.2 Å². The summed E-state index contributed by atoms with van der Waals surface area (Å²) in [5, 5.41) is 4.43. The molecule has 0 aromatic heterocycles. The molecule has 0 unspecified atom stereocenters. The van der Waals surface area contributed by atoms with Gasteiger partial charge in [0.05, 0.1) is 19.4 Å². The minimum absolute atomic E-state index is 0.241. The molecule has 0 atom stereocenters. The van der Waals surface area contributed by atoms with E-state index < -0.39 is 0 Å². The molecule has 6 heteroatoms. The van der Waals surface area contributed by atoms with Crippen molar-refractivity contribution in [2.24, 2.45) is 5.10 Å². The lowest BCUT2D eigenvalue weighted by Crippen LogP contribution is -2.12. The average Bonchev–Trinajstić information content (AvgIpc) is 2.57. The van der Waals surface area contributed by atoms with Gasteiger partial charge in [0.2, 0.25) is 5.91 Å². The van der Waals surface area contributed by atoms with Gasteiger partial charge < -0.3 is 9.47 Å². The van der Waals surface area contributed by atoms with Crippen molar-refractivity contribution < 1.29 is 14.3 Å². The molecule has 0 aliphatic rings. The van der Waals surface area contributed by atoms with Crippen molar-refractivity contribution in [3.05, 3.63) is 58.1 Å². The summed E-state index contributed by atoms with van der Waals surface area (Å²) >= 11 is 6.01. The molecule has 5 nitrogen and oxygen atoms in total. The second-order valence-electron chi connectivity index (χ2n) is 5.93. The first-order valence-electron chi connectivity index (χ1n) is 8.38. The summed E-state index contributed by atoms with van der Waals surface area (Å²) < 4.78 is 11.6. The third-order valence-corrected chi connectivity index (χ3v) is 3.77. The molecule has 0 bridgehead atoms. The lowest BCUT2D eigenvalue weighted by molar-refractivity contribution is -0.118. The summed E-state index contributed by atoms with van der Waals surface area (Å²) in [5.74, 6) is 1.30. The number of benzene rings is 2. The Hall–Kier alpha value is -2.53. The normalized spacial score (nSPS) is 10.8. The van der Waals surface area contributed by atoms with Gasteiger partial charge in [0.15, 0.2) is 0 Å². The van der Waals surface area contributed by atoms with Gasteiger partial charge in [-0.2, -0.15) is 5.10 Å². The van der Waals surface area contributed by atoms with Gasteiger partial charge in [-0.3, -0.25) is 4.79 Å². The zero-order valence-electron chi connectivity index (χ0n) is 15.2. The second-order valence-corrected chi connectivity index (χ2v) is 6.36. The molecule has 0 fully saturated rings. The summed E-state index contributed by atoms with van der Waals surface area (Å²) in [5.41, 5.74) is 5.39. The first-order valence-corrected chi connectivity index (χ1v) is 8.75. The Labute approximate surface area is 159 Å². The molecule has 138 valence electrons. The monoisotopic (exact) mass is 374 g/mol. The van der Waals surface area contributed by atoms with E-state index in [0.29, 0.717) is 29.5 Å². The molecule has 2 aromatic carbocycles. The molecule has 0 spiro atoms. The molecule has 2 rings (SSSR count). The maximum Gasteiger partial charge on any atom is 0.236 e. The number of aryl methyl sites for hydroxylation is 2. The summed E-state index contributed by atoms with van der Waals surface area (Å²) in [6.07, 6.45) is 2.24. The molecular weight excluding hydrogens is 352 g/mol. The fourth-order valence-corrected chi connectivity index (χ4v) is 2.51. The Morgan fingerprint density at radius 1 is 1.12 bits per heavy atom. The quantitative estimate of drug-likeness (QED) is 0.426. The van der Waals surface area contributed by atoms with E-state index in [1.807, 2.05) is 19.1 Å². The summed E-state index contributed by atoms with van der Waals surface area (Å²) in [7, 11) is 0. The lowest BCUT2D eigenvalue weighted by Gasteiger charge is -2.12. The minimum atomic E-state index is -0.241. The van der Waals surface area contributed by atoms with Crippen LogP contribution in [0, 0.1) is 13.8 Å². The first kappa shape index (κ1) is 19.8. The van der Waals surface area contributed by atoms with Gasteiger partial charge in [0.25, 0.3) is 0 Å². The van der Waals surface area contributed by atoms with Gasteiger partial charge in [-0.15, -0.1) is 0 Å². The fourth-order valence-electron chi connectivity index (χ4n) is 2.33. The Bertz CT molecular complexity index is 791. The van der Waals surface area contributed by atoms with Crippen LogP contribution in [0.2, 0.25) is 5.02 Å². The van der Waals surface area contributed by atoms with Crippen LogP contribution in [0.15, 0.2) is 41.5 Å². The van der Waals surface area contributed by atoms with Crippen molar-refractivity contribution in [2.75, 3.05) is 13.2 Å². The van der Waals surface area contributed by atoms with E-state index in [4.69, 9.17) is 21.1 Å². The number of hydrogen-bond donors (Lipinski definition) is 1. The number of carbonyl (C=O) groups excluding carboxylic acids is 1. The number of ether oxygens (including phenoxy) is 2. The Balaban J connectivity index is 1.85. The molecule has 0 saturated heterocycles. The van der Waals surface area contributed by atoms with Gasteiger partial charge in [-0.1, -0.05) is 29.3 Å². The van der Waals surface area contributed by atoms with Gasteiger partial charge in [-0.05, 0) is 43.7 Å². The van der Waals surface area contributed by atoms with Crippen LogP contribution in [-0.4, -0.2) is 25.3 Å². The second kappa shape index (κ2) is 9.82. The predicted octanol–water partition coefficient (Wildman–Crippen LogP) is 4.27. The van der Waals surface area contributed by atoms with Crippen molar-refractivity contribution in [3.8, 4) is 11.5 Å².